The predicted molar refractivity (Wildman–Crippen MR) is 106 cm³/mol. The zero-order valence-electron chi connectivity index (χ0n) is 14.3. The van der Waals surface area contributed by atoms with Crippen LogP contribution in [0.25, 0.3) is 17.2 Å². The second kappa shape index (κ2) is 7.17. The van der Waals surface area contributed by atoms with Gasteiger partial charge in [-0.2, -0.15) is 0 Å². The Bertz CT molecular complexity index is 1030. The van der Waals surface area contributed by atoms with Gasteiger partial charge in [0.25, 0.3) is 5.91 Å². The summed E-state index contributed by atoms with van der Waals surface area (Å²) in [6.45, 7) is 0. The van der Waals surface area contributed by atoms with E-state index in [4.69, 9.17) is 11.6 Å². The maximum absolute atomic E-state index is 12.7. The average Bonchev–Trinajstić information content (AvgIpc) is 2.98. The van der Waals surface area contributed by atoms with E-state index in [1.165, 1.54) is 4.90 Å². The van der Waals surface area contributed by atoms with Gasteiger partial charge in [-0.3, -0.25) is 14.6 Å². The summed E-state index contributed by atoms with van der Waals surface area (Å²) < 4.78 is 0. The molecule has 1 aliphatic heterocycles. The van der Waals surface area contributed by atoms with Crippen molar-refractivity contribution in [3.63, 3.8) is 0 Å². The molecule has 2 amide bonds. The summed E-state index contributed by atoms with van der Waals surface area (Å²) in [4.78, 5) is 30.4. The number of benzene rings is 2. The van der Waals surface area contributed by atoms with E-state index in [2.05, 4.69) is 4.98 Å². The van der Waals surface area contributed by atoms with Crippen LogP contribution in [0, 0.1) is 0 Å². The Balaban J connectivity index is 1.60. The van der Waals surface area contributed by atoms with Crippen LogP contribution in [0.15, 0.2) is 78.6 Å². The van der Waals surface area contributed by atoms with Gasteiger partial charge in [0, 0.05) is 23.0 Å². The van der Waals surface area contributed by atoms with E-state index >= 15 is 0 Å². The molecule has 0 bridgehead atoms. The van der Waals surface area contributed by atoms with Gasteiger partial charge in [-0.05, 0) is 59.2 Å². The molecule has 4 rings (SSSR count). The van der Waals surface area contributed by atoms with Gasteiger partial charge in [-0.15, -0.1) is 0 Å². The maximum atomic E-state index is 12.7. The predicted octanol–water partition coefficient (Wildman–Crippen LogP) is 4.75. The van der Waals surface area contributed by atoms with Crippen molar-refractivity contribution >= 4 is 35.2 Å². The highest BCUT2D eigenvalue weighted by atomic mass is 35.5. The number of rotatable bonds is 3. The monoisotopic (exact) mass is 374 g/mol. The molecular formula is C22H15ClN2O2. The highest BCUT2D eigenvalue weighted by Gasteiger charge is 2.34. The number of nitrogens with zero attached hydrogens (tertiary/aromatic N) is 2. The van der Waals surface area contributed by atoms with E-state index in [9.17, 15) is 9.59 Å². The van der Waals surface area contributed by atoms with Crippen molar-refractivity contribution in [1.82, 2.24) is 4.98 Å². The molecule has 2 heterocycles. The van der Waals surface area contributed by atoms with Crippen molar-refractivity contribution in [3.8, 4) is 11.1 Å². The molecule has 5 heteroatoms. The first-order valence-corrected chi connectivity index (χ1v) is 8.83. The van der Waals surface area contributed by atoms with Gasteiger partial charge in [-0.1, -0.05) is 35.9 Å². The Kier molecular flexibility index (Phi) is 4.57. The second-order valence-corrected chi connectivity index (χ2v) is 6.65. The number of amides is 2. The zero-order chi connectivity index (χ0) is 18.8. The van der Waals surface area contributed by atoms with Crippen LogP contribution >= 0.6 is 11.6 Å². The smallest absolute Gasteiger partial charge is 0.261 e. The first kappa shape index (κ1) is 17.2. The number of imide groups is 1. The van der Waals surface area contributed by atoms with Gasteiger partial charge in [0.2, 0.25) is 5.91 Å². The zero-order valence-corrected chi connectivity index (χ0v) is 15.1. The molecular weight excluding hydrogens is 360 g/mol. The molecule has 1 fully saturated rings. The molecule has 0 unspecified atom stereocenters. The molecule has 4 nitrogen and oxygen atoms in total. The summed E-state index contributed by atoms with van der Waals surface area (Å²) in [7, 11) is 0. The number of hydrogen-bond donors (Lipinski definition) is 0. The third-order valence-electron chi connectivity index (χ3n) is 4.42. The molecule has 1 saturated heterocycles. The van der Waals surface area contributed by atoms with Crippen LogP contribution in [0.2, 0.25) is 5.02 Å². The number of anilines is 1. The molecule has 0 aliphatic carbocycles. The molecule has 2 aromatic carbocycles. The quantitative estimate of drug-likeness (QED) is 0.491. The minimum absolute atomic E-state index is 0.0908. The van der Waals surface area contributed by atoms with Crippen LogP contribution in [0.4, 0.5) is 5.69 Å². The molecule has 27 heavy (non-hydrogen) atoms. The first-order chi connectivity index (χ1) is 13.1. The topological polar surface area (TPSA) is 50.3 Å². The van der Waals surface area contributed by atoms with Crippen LogP contribution in [0.1, 0.15) is 12.0 Å². The molecule has 0 radical (unpaired) electrons. The van der Waals surface area contributed by atoms with E-state index in [0.29, 0.717) is 16.3 Å². The Labute approximate surface area is 161 Å². The molecule has 3 aromatic rings. The summed E-state index contributed by atoms with van der Waals surface area (Å²) in [5.74, 6) is -0.511. The van der Waals surface area contributed by atoms with Crippen molar-refractivity contribution in [3.05, 3.63) is 89.2 Å². The maximum Gasteiger partial charge on any atom is 0.261 e. The fourth-order valence-corrected chi connectivity index (χ4v) is 3.18. The largest absolute Gasteiger partial charge is 0.274 e. The highest BCUT2D eigenvalue weighted by molar-refractivity contribution is 6.31. The molecule has 0 atom stereocenters. The van der Waals surface area contributed by atoms with Crippen LogP contribution in [-0.2, 0) is 9.59 Å². The van der Waals surface area contributed by atoms with E-state index in [-0.39, 0.29) is 18.2 Å². The lowest BCUT2D eigenvalue weighted by molar-refractivity contribution is -0.120. The number of aromatic nitrogens is 1. The van der Waals surface area contributed by atoms with Crippen LogP contribution in [0.3, 0.4) is 0 Å². The van der Waals surface area contributed by atoms with E-state index in [0.717, 1.165) is 16.7 Å². The Hall–Kier alpha value is -3.24. The van der Waals surface area contributed by atoms with Gasteiger partial charge in [0.05, 0.1) is 12.1 Å². The summed E-state index contributed by atoms with van der Waals surface area (Å²) in [5.41, 5.74) is 3.91. The molecule has 1 aromatic heterocycles. The molecule has 132 valence electrons. The van der Waals surface area contributed by atoms with E-state index in [1.807, 2.05) is 36.4 Å². The summed E-state index contributed by atoms with van der Waals surface area (Å²) in [6, 6.07) is 18.3. The Morgan fingerprint density at radius 2 is 1.48 bits per heavy atom. The van der Waals surface area contributed by atoms with Crippen molar-refractivity contribution < 1.29 is 9.59 Å². The van der Waals surface area contributed by atoms with Crippen molar-refractivity contribution in [2.24, 2.45) is 0 Å². The van der Waals surface area contributed by atoms with Crippen LogP contribution < -0.4 is 4.90 Å². The Morgan fingerprint density at radius 1 is 0.852 bits per heavy atom. The van der Waals surface area contributed by atoms with Gasteiger partial charge in [-0.25, -0.2) is 4.90 Å². The standard InChI is InChI=1S/C22H15ClN2O2/c23-19-5-1-15(2-6-19)13-18-14-21(26)25(22(18)27)20-7-3-16(4-8-20)17-9-11-24-12-10-17/h1-13H,14H2. The fourth-order valence-electron chi connectivity index (χ4n) is 3.06. The lowest BCUT2D eigenvalue weighted by Crippen LogP contribution is -2.28. The number of carbonyl (C=O) groups is 2. The number of carbonyl (C=O) groups excluding carboxylic acids is 2. The number of halogens is 1. The van der Waals surface area contributed by atoms with Crippen LogP contribution in [0.5, 0.6) is 0 Å². The Morgan fingerprint density at radius 3 is 2.15 bits per heavy atom. The van der Waals surface area contributed by atoms with Gasteiger partial charge >= 0.3 is 0 Å². The van der Waals surface area contributed by atoms with Gasteiger partial charge in [0.15, 0.2) is 0 Å². The average molecular weight is 375 g/mol. The third kappa shape index (κ3) is 3.52. The minimum Gasteiger partial charge on any atom is -0.274 e. The van der Waals surface area contributed by atoms with Gasteiger partial charge in [0.1, 0.15) is 0 Å². The van der Waals surface area contributed by atoms with Crippen molar-refractivity contribution in [1.29, 1.82) is 0 Å². The third-order valence-corrected chi connectivity index (χ3v) is 4.67. The molecule has 0 N–H and O–H groups in total. The minimum atomic E-state index is -0.286. The normalized spacial score (nSPS) is 15.6. The van der Waals surface area contributed by atoms with Crippen molar-refractivity contribution in [2.45, 2.75) is 6.42 Å². The summed E-state index contributed by atoms with van der Waals surface area (Å²) in [6.07, 6.45) is 5.28. The summed E-state index contributed by atoms with van der Waals surface area (Å²) >= 11 is 5.89. The van der Waals surface area contributed by atoms with Crippen LogP contribution in [-0.4, -0.2) is 16.8 Å². The number of hydrogen-bond acceptors (Lipinski definition) is 3. The molecule has 0 spiro atoms. The lowest BCUT2D eigenvalue weighted by Gasteiger charge is -2.14. The van der Waals surface area contributed by atoms with Gasteiger partial charge < -0.3 is 0 Å². The number of pyridine rings is 1. The van der Waals surface area contributed by atoms with E-state index in [1.54, 1.807) is 42.7 Å². The van der Waals surface area contributed by atoms with E-state index < -0.39 is 0 Å². The fraction of sp³-hybridized carbons (Fsp3) is 0.0455. The molecule has 1 aliphatic rings. The summed E-state index contributed by atoms with van der Waals surface area (Å²) in [5, 5.41) is 0.627. The second-order valence-electron chi connectivity index (χ2n) is 6.21. The lowest BCUT2D eigenvalue weighted by atomic mass is 10.1. The highest BCUT2D eigenvalue weighted by Crippen LogP contribution is 2.29. The molecule has 0 saturated carbocycles. The SMILES string of the molecule is O=C1CC(=Cc2ccc(Cl)cc2)C(=O)N1c1ccc(-c2ccncc2)cc1. The first-order valence-electron chi connectivity index (χ1n) is 8.46. The van der Waals surface area contributed by atoms with Crippen molar-refractivity contribution in [2.75, 3.05) is 4.90 Å².